The second kappa shape index (κ2) is 6.40. The minimum atomic E-state index is -3.34. The predicted octanol–water partition coefficient (Wildman–Crippen LogP) is 1.02. The number of thiocarbonyl (C=S) groups is 1. The first-order chi connectivity index (χ1) is 6.73. The summed E-state index contributed by atoms with van der Waals surface area (Å²) in [5.41, 5.74) is 5.19. The zero-order chi connectivity index (χ0) is 12.1. The van der Waals surface area contributed by atoms with Crippen LogP contribution in [0.3, 0.4) is 0 Å². The third kappa shape index (κ3) is 8.77. The zero-order valence-electron chi connectivity index (χ0n) is 9.49. The molecule has 0 heterocycles. The normalized spacial score (nSPS) is 14.1. The van der Waals surface area contributed by atoms with E-state index in [0.717, 1.165) is 12.8 Å². The molecule has 90 valence electrons. The lowest BCUT2D eigenvalue weighted by molar-refractivity contribution is 0.486. The van der Waals surface area contributed by atoms with Crippen molar-refractivity contribution in [1.82, 2.24) is 4.72 Å². The third-order valence-electron chi connectivity index (χ3n) is 1.89. The summed E-state index contributed by atoms with van der Waals surface area (Å²) in [5, 5.41) is 0. The molecule has 0 rings (SSSR count). The molecule has 0 aliphatic rings. The quantitative estimate of drug-likeness (QED) is 0.664. The summed E-state index contributed by atoms with van der Waals surface area (Å²) in [6.07, 6.45) is 1.82. The third-order valence-corrected chi connectivity index (χ3v) is 3.67. The van der Waals surface area contributed by atoms with Gasteiger partial charge in [-0.25, -0.2) is 13.1 Å². The van der Waals surface area contributed by atoms with Crippen LogP contribution in [0.2, 0.25) is 0 Å². The highest BCUT2D eigenvalue weighted by Crippen LogP contribution is 2.07. The van der Waals surface area contributed by atoms with Crippen LogP contribution >= 0.6 is 12.2 Å². The number of nitrogens with two attached hydrogens (primary N) is 1. The summed E-state index contributed by atoms with van der Waals surface area (Å²) in [7, 11) is -3.34. The summed E-state index contributed by atoms with van der Waals surface area (Å²) >= 11 is 4.56. The Morgan fingerprint density at radius 1 is 1.33 bits per heavy atom. The Morgan fingerprint density at radius 3 is 2.27 bits per heavy atom. The highest BCUT2D eigenvalue weighted by molar-refractivity contribution is 7.92. The van der Waals surface area contributed by atoms with Crippen molar-refractivity contribution >= 4 is 27.2 Å². The zero-order valence-corrected chi connectivity index (χ0v) is 11.1. The topological polar surface area (TPSA) is 72.2 Å². The van der Waals surface area contributed by atoms with Gasteiger partial charge >= 0.3 is 0 Å². The van der Waals surface area contributed by atoms with Crippen molar-refractivity contribution in [3.05, 3.63) is 0 Å². The van der Waals surface area contributed by atoms with Gasteiger partial charge in [0.2, 0.25) is 10.0 Å². The fourth-order valence-corrected chi connectivity index (χ4v) is 2.83. The van der Waals surface area contributed by atoms with Crippen molar-refractivity contribution in [3.63, 3.8) is 0 Å². The van der Waals surface area contributed by atoms with Gasteiger partial charge in [-0.3, -0.25) is 0 Å². The number of sulfonamides is 1. The molecule has 0 aromatic carbocycles. The van der Waals surface area contributed by atoms with Gasteiger partial charge in [0.1, 0.15) is 5.75 Å². The molecular weight excluding hydrogens is 232 g/mol. The van der Waals surface area contributed by atoms with Crippen LogP contribution in [0.15, 0.2) is 0 Å². The molecule has 0 bridgehead atoms. The van der Waals surface area contributed by atoms with Gasteiger partial charge < -0.3 is 5.73 Å². The summed E-state index contributed by atoms with van der Waals surface area (Å²) in [6.45, 7) is 6.06. The molecule has 0 aliphatic heterocycles. The maximum absolute atomic E-state index is 11.4. The second-order valence-corrected chi connectivity index (χ2v) is 6.49. The van der Waals surface area contributed by atoms with E-state index < -0.39 is 10.0 Å². The van der Waals surface area contributed by atoms with Crippen LogP contribution in [0.4, 0.5) is 0 Å². The number of hydrogen-bond donors (Lipinski definition) is 2. The lowest BCUT2D eigenvalue weighted by atomic mass is 10.1. The molecule has 6 heteroatoms. The first kappa shape index (κ1) is 14.8. The maximum atomic E-state index is 11.4. The summed E-state index contributed by atoms with van der Waals surface area (Å²) in [6, 6.07) is -0.0632. The lowest BCUT2D eigenvalue weighted by Gasteiger charge is -2.14. The van der Waals surface area contributed by atoms with Crippen molar-refractivity contribution < 1.29 is 8.42 Å². The van der Waals surface area contributed by atoms with E-state index in [1.54, 1.807) is 0 Å². The van der Waals surface area contributed by atoms with Crippen molar-refractivity contribution in [2.24, 2.45) is 11.7 Å². The molecule has 0 fully saturated rings. The molecule has 0 saturated heterocycles. The van der Waals surface area contributed by atoms with E-state index >= 15 is 0 Å². The largest absolute Gasteiger partial charge is 0.392 e. The van der Waals surface area contributed by atoms with Crippen molar-refractivity contribution in [1.29, 1.82) is 0 Å². The van der Waals surface area contributed by atoms with Crippen LogP contribution < -0.4 is 10.5 Å². The van der Waals surface area contributed by atoms with Crippen LogP contribution in [0.25, 0.3) is 0 Å². The molecule has 1 atom stereocenters. The van der Waals surface area contributed by atoms with Crippen LogP contribution in [0.1, 0.15) is 33.6 Å². The Bertz CT molecular complexity index is 299. The Morgan fingerprint density at radius 2 is 1.87 bits per heavy atom. The van der Waals surface area contributed by atoms with Crippen molar-refractivity contribution in [2.75, 3.05) is 5.75 Å². The predicted molar refractivity (Wildman–Crippen MR) is 67.2 cm³/mol. The molecule has 0 saturated carbocycles. The molecule has 0 aliphatic carbocycles. The average molecular weight is 252 g/mol. The Labute approximate surface area is 97.7 Å². The van der Waals surface area contributed by atoms with Crippen LogP contribution in [0, 0.1) is 5.92 Å². The first-order valence-corrected chi connectivity index (χ1v) is 7.07. The summed E-state index contributed by atoms with van der Waals surface area (Å²) in [5.74, 6) is 0.307. The fraction of sp³-hybridized carbons (Fsp3) is 0.889. The highest BCUT2D eigenvalue weighted by Gasteiger charge is 2.15. The van der Waals surface area contributed by atoms with Crippen molar-refractivity contribution in [3.8, 4) is 0 Å². The Hall–Kier alpha value is -0.200. The molecule has 0 radical (unpaired) electrons. The van der Waals surface area contributed by atoms with Gasteiger partial charge in [0.25, 0.3) is 0 Å². The molecule has 4 nitrogen and oxygen atoms in total. The Balaban J connectivity index is 4.05. The van der Waals surface area contributed by atoms with Gasteiger partial charge in [-0.05, 0) is 25.7 Å². The molecule has 0 aromatic rings. The molecular formula is C9H20N2O2S2. The average Bonchev–Trinajstić information content (AvgIpc) is 1.96. The van der Waals surface area contributed by atoms with Crippen LogP contribution in [-0.2, 0) is 10.0 Å². The monoisotopic (exact) mass is 252 g/mol. The standard InChI is InChI=1S/C9H20N2O2S2/c1-7(2)4-5-8(3)11-15(12,13)6-9(10)14/h7-8,11H,4-6H2,1-3H3,(H2,10,14). The van der Waals surface area contributed by atoms with Crippen LogP contribution in [0.5, 0.6) is 0 Å². The van der Waals surface area contributed by atoms with E-state index in [1.807, 2.05) is 6.92 Å². The van der Waals surface area contributed by atoms with Crippen molar-refractivity contribution in [2.45, 2.75) is 39.7 Å². The van der Waals surface area contributed by atoms with Gasteiger partial charge in [-0.1, -0.05) is 26.1 Å². The SMILES string of the molecule is CC(C)CCC(C)NS(=O)(=O)CC(N)=S. The maximum Gasteiger partial charge on any atom is 0.218 e. The van der Waals surface area contributed by atoms with E-state index in [4.69, 9.17) is 5.73 Å². The van der Waals surface area contributed by atoms with Gasteiger partial charge in [0.15, 0.2) is 0 Å². The summed E-state index contributed by atoms with van der Waals surface area (Å²) in [4.78, 5) is -0.00133. The second-order valence-electron chi connectivity index (χ2n) is 4.22. The first-order valence-electron chi connectivity index (χ1n) is 5.01. The summed E-state index contributed by atoms with van der Waals surface area (Å²) < 4.78 is 25.4. The van der Waals surface area contributed by atoms with Gasteiger partial charge in [-0.2, -0.15) is 0 Å². The lowest BCUT2D eigenvalue weighted by Crippen LogP contribution is -2.37. The van der Waals surface area contributed by atoms with E-state index in [0.29, 0.717) is 5.92 Å². The van der Waals surface area contributed by atoms with E-state index in [2.05, 4.69) is 30.8 Å². The van der Waals surface area contributed by atoms with Crippen LogP contribution in [-0.4, -0.2) is 25.2 Å². The smallest absolute Gasteiger partial charge is 0.218 e. The number of hydrogen-bond acceptors (Lipinski definition) is 3. The number of nitrogens with one attached hydrogen (secondary N) is 1. The molecule has 0 aromatic heterocycles. The van der Waals surface area contributed by atoms with E-state index in [9.17, 15) is 8.42 Å². The molecule has 15 heavy (non-hydrogen) atoms. The molecule has 0 amide bonds. The highest BCUT2D eigenvalue weighted by atomic mass is 32.2. The van der Waals surface area contributed by atoms with E-state index in [1.165, 1.54) is 0 Å². The number of rotatable bonds is 7. The molecule has 1 unspecified atom stereocenters. The van der Waals surface area contributed by atoms with Gasteiger partial charge in [0, 0.05) is 6.04 Å². The van der Waals surface area contributed by atoms with E-state index in [-0.39, 0.29) is 16.8 Å². The molecule has 0 spiro atoms. The Kier molecular flexibility index (Phi) is 6.31. The fourth-order valence-electron chi connectivity index (χ4n) is 1.18. The van der Waals surface area contributed by atoms with Gasteiger partial charge in [-0.15, -0.1) is 0 Å². The van der Waals surface area contributed by atoms with Gasteiger partial charge in [0.05, 0.1) is 4.99 Å². The minimum Gasteiger partial charge on any atom is -0.392 e. The minimum absolute atomic E-state index is 0.00133. The molecule has 3 N–H and O–H groups in total.